The maximum absolute atomic E-state index is 5.98. The number of aromatic nitrogens is 1. The summed E-state index contributed by atoms with van der Waals surface area (Å²) in [6.07, 6.45) is 2.41. The third-order valence-corrected chi connectivity index (χ3v) is 5.21. The number of oxazole rings is 1. The molecule has 1 aliphatic rings. The molecule has 0 spiro atoms. The van der Waals surface area contributed by atoms with Crippen molar-refractivity contribution in [3.05, 3.63) is 29.2 Å². The van der Waals surface area contributed by atoms with E-state index in [1.54, 1.807) is 14.2 Å². The molecular formula is C20H29N3O3. The molecule has 1 atom stereocenters. The monoisotopic (exact) mass is 359 g/mol. The lowest BCUT2D eigenvalue weighted by molar-refractivity contribution is 0.169. The second-order valence-corrected chi connectivity index (χ2v) is 6.97. The molecule has 1 fully saturated rings. The van der Waals surface area contributed by atoms with Crippen LogP contribution in [0.1, 0.15) is 29.9 Å². The van der Waals surface area contributed by atoms with Gasteiger partial charge in [-0.15, -0.1) is 0 Å². The first-order valence-electron chi connectivity index (χ1n) is 9.18. The van der Waals surface area contributed by atoms with Gasteiger partial charge in [0.15, 0.2) is 0 Å². The van der Waals surface area contributed by atoms with Gasteiger partial charge >= 0.3 is 0 Å². The van der Waals surface area contributed by atoms with Crippen molar-refractivity contribution in [1.82, 2.24) is 9.88 Å². The van der Waals surface area contributed by atoms with Gasteiger partial charge in [0.05, 0.1) is 25.5 Å². The van der Waals surface area contributed by atoms with Crippen LogP contribution in [0.4, 0.5) is 0 Å². The second kappa shape index (κ2) is 8.10. The van der Waals surface area contributed by atoms with Crippen molar-refractivity contribution in [2.75, 3.05) is 33.9 Å². The quantitative estimate of drug-likeness (QED) is 0.854. The highest BCUT2D eigenvalue weighted by Crippen LogP contribution is 2.38. The van der Waals surface area contributed by atoms with Crippen LogP contribution in [0, 0.1) is 19.8 Å². The average Bonchev–Trinajstić information content (AvgIpc) is 3.01. The molecule has 142 valence electrons. The number of likely N-dealkylation sites (tertiary alicyclic amines) is 1. The van der Waals surface area contributed by atoms with Crippen LogP contribution in [0.15, 0.2) is 16.5 Å². The van der Waals surface area contributed by atoms with Gasteiger partial charge in [-0.1, -0.05) is 0 Å². The molecule has 0 amide bonds. The molecule has 1 aromatic heterocycles. The van der Waals surface area contributed by atoms with Gasteiger partial charge in [-0.2, -0.15) is 0 Å². The molecule has 0 unspecified atom stereocenters. The Morgan fingerprint density at radius 2 is 2.08 bits per heavy atom. The Balaban J connectivity index is 1.85. The number of nitrogens with two attached hydrogens (primary N) is 1. The fourth-order valence-electron chi connectivity index (χ4n) is 3.72. The Labute approximate surface area is 155 Å². The third kappa shape index (κ3) is 3.71. The van der Waals surface area contributed by atoms with E-state index in [4.69, 9.17) is 24.6 Å². The van der Waals surface area contributed by atoms with Crippen molar-refractivity contribution in [1.29, 1.82) is 0 Å². The Kier molecular flexibility index (Phi) is 5.84. The number of ether oxygens (including phenoxy) is 2. The van der Waals surface area contributed by atoms with Gasteiger partial charge in [-0.3, -0.25) is 4.90 Å². The first-order valence-corrected chi connectivity index (χ1v) is 9.18. The summed E-state index contributed by atoms with van der Waals surface area (Å²) < 4.78 is 17.0. The number of hydrogen-bond acceptors (Lipinski definition) is 6. The van der Waals surface area contributed by atoms with Crippen molar-refractivity contribution in [3.63, 3.8) is 0 Å². The van der Waals surface area contributed by atoms with E-state index in [0.29, 0.717) is 11.8 Å². The molecule has 0 saturated carbocycles. The molecule has 6 nitrogen and oxygen atoms in total. The van der Waals surface area contributed by atoms with E-state index < -0.39 is 0 Å². The minimum absolute atomic E-state index is 0.583. The molecule has 0 aliphatic carbocycles. The number of aryl methyl sites for hydroxylation is 1. The topological polar surface area (TPSA) is 73.8 Å². The molecule has 2 aromatic rings. The normalized spacial score (nSPS) is 18.1. The number of hydrogen-bond donors (Lipinski definition) is 1. The van der Waals surface area contributed by atoms with E-state index in [-0.39, 0.29) is 0 Å². The predicted octanol–water partition coefficient (Wildman–Crippen LogP) is 3.15. The van der Waals surface area contributed by atoms with Gasteiger partial charge in [0, 0.05) is 18.7 Å². The number of rotatable bonds is 6. The van der Waals surface area contributed by atoms with Crippen LogP contribution in [-0.2, 0) is 6.54 Å². The fourth-order valence-corrected chi connectivity index (χ4v) is 3.72. The van der Waals surface area contributed by atoms with Crippen molar-refractivity contribution < 1.29 is 13.9 Å². The standard InChI is InChI=1S/C20H29N3O3/c1-13-18(24-3)8-7-16(19(13)25-4)20-22-17(14(2)26-20)12-23-9-5-6-15(10-21)11-23/h7-8,15H,5-6,9-12,21H2,1-4H3/t15-/m1/s1. The molecule has 0 bridgehead atoms. The average molecular weight is 359 g/mol. The number of benzene rings is 1. The van der Waals surface area contributed by atoms with Crippen molar-refractivity contribution in [2.45, 2.75) is 33.2 Å². The number of methoxy groups -OCH3 is 2. The minimum atomic E-state index is 0.583. The van der Waals surface area contributed by atoms with E-state index in [0.717, 1.165) is 60.3 Å². The zero-order chi connectivity index (χ0) is 18.7. The van der Waals surface area contributed by atoms with Crippen molar-refractivity contribution in [2.24, 2.45) is 11.7 Å². The van der Waals surface area contributed by atoms with Crippen LogP contribution in [0.25, 0.3) is 11.5 Å². The maximum atomic E-state index is 5.98. The SMILES string of the molecule is COc1ccc(-c2nc(CN3CCC[C@H](CN)C3)c(C)o2)c(OC)c1C. The summed E-state index contributed by atoms with van der Waals surface area (Å²) in [5, 5.41) is 0. The summed E-state index contributed by atoms with van der Waals surface area (Å²) in [4.78, 5) is 7.19. The minimum Gasteiger partial charge on any atom is -0.496 e. The van der Waals surface area contributed by atoms with Crippen LogP contribution in [0.5, 0.6) is 11.5 Å². The molecule has 1 aromatic carbocycles. The highest BCUT2D eigenvalue weighted by molar-refractivity contribution is 5.68. The summed E-state index contributed by atoms with van der Waals surface area (Å²) in [5.41, 5.74) is 8.62. The molecule has 26 heavy (non-hydrogen) atoms. The summed E-state index contributed by atoms with van der Waals surface area (Å²) in [7, 11) is 3.31. The molecule has 1 saturated heterocycles. The smallest absolute Gasteiger partial charge is 0.230 e. The van der Waals surface area contributed by atoms with Crippen LogP contribution in [0.2, 0.25) is 0 Å². The summed E-state index contributed by atoms with van der Waals surface area (Å²) in [6, 6.07) is 3.86. The number of piperidine rings is 1. The molecule has 2 heterocycles. The summed E-state index contributed by atoms with van der Waals surface area (Å²) in [5.74, 6) is 3.55. The van der Waals surface area contributed by atoms with Gasteiger partial charge in [-0.05, 0) is 57.8 Å². The van der Waals surface area contributed by atoms with Crippen LogP contribution >= 0.6 is 0 Å². The zero-order valence-corrected chi connectivity index (χ0v) is 16.2. The maximum Gasteiger partial charge on any atom is 0.230 e. The lowest BCUT2D eigenvalue weighted by atomic mass is 9.98. The fraction of sp³-hybridized carbons (Fsp3) is 0.550. The second-order valence-electron chi connectivity index (χ2n) is 6.97. The zero-order valence-electron chi connectivity index (χ0n) is 16.2. The van der Waals surface area contributed by atoms with E-state index in [2.05, 4.69) is 4.90 Å². The Morgan fingerprint density at radius 3 is 2.77 bits per heavy atom. The molecule has 0 radical (unpaired) electrons. The lowest BCUT2D eigenvalue weighted by Gasteiger charge is -2.31. The van der Waals surface area contributed by atoms with E-state index >= 15 is 0 Å². The highest BCUT2D eigenvalue weighted by Gasteiger charge is 2.23. The summed E-state index contributed by atoms with van der Waals surface area (Å²) in [6.45, 7) is 7.61. The van der Waals surface area contributed by atoms with Gasteiger partial charge in [0.2, 0.25) is 5.89 Å². The Bertz CT molecular complexity index is 757. The first kappa shape index (κ1) is 18.7. The Hall–Kier alpha value is -2.05. The Morgan fingerprint density at radius 1 is 1.27 bits per heavy atom. The van der Waals surface area contributed by atoms with E-state index in [1.165, 1.54) is 12.8 Å². The van der Waals surface area contributed by atoms with E-state index in [1.807, 2.05) is 26.0 Å². The molecule has 2 N–H and O–H groups in total. The van der Waals surface area contributed by atoms with Crippen LogP contribution < -0.4 is 15.2 Å². The van der Waals surface area contributed by atoms with Crippen molar-refractivity contribution in [3.8, 4) is 23.0 Å². The summed E-state index contributed by atoms with van der Waals surface area (Å²) >= 11 is 0. The van der Waals surface area contributed by atoms with Gasteiger partial charge < -0.3 is 19.6 Å². The van der Waals surface area contributed by atoms with Gasteiger partial charge in [0.25, 0.3) is 0 Å². The third-order valence-electron chi connectivity index (χ3n) is 5.21. The van der Waals surface area contributed by atoms with Crippen molar-refractivity contribution >= 4 is 0 Å². The van der Waals surface area contributed by atoms with Gasteiger partial charge in [0.1, 0.15) is 17.3 Å². The van der Waals surface area contributed by atoms with E-state index in [9.17, 15) is 0 Å². The van der Waals surface area contributed by atoms with Crippen LogP contribution in [0.3, 0.4) is 0 Å². The lowest BCUT2D eigenvalue weighted by Crippen LogP contribution is -2.38. The molecule has 1 aliphatic heterocycles. The van der Waals surface area contributed by atoms with Gasteiger partial charge in [-0.25, -0.2) is 4.98 Å². The van der Waals surface area contributed by atoms with Crippen LogP contribution in [-0.4, -0.2) is 43.7 Å². The molecule has 3 rings (SSSR count). The largest absolute Gasteiger partial charge is 0.496 e. The highest BCUT2D eigenvalue weighted by atomic mass is 16.5. The number of nitrogens with zero attached hydrogens (tertiary/aromatic N) is 2. The predicted molar refractivity (Wildman–Crippen MR) is 102 cm³/mol. The first-order chi connectivity index (χ1) is 12.6. The molecular weight excluding hydrogens is 330 g/mol. The molecule has 6 heteroatoms.